The van der Waals surface area contributed by atoms with Crippen molar-refractivity contribution in [2.75, 3.05) is 13.6 Å². The maximum atomic E-state index is 13.3. The molecule has 0 saturated heterocycles. The fraction of sp³-hybridized carbons (Fsp3) is 0.474. The van der Waals surface area contributed by atoms with Crippen molar-refractivity contribution in [3.8, 4) is 11.3 Å². The van der Waals surface area contributed by atoms with Crippen LogP contribution in [0.5, 0.6) is 0 Å². The van der Waals surface area contributed by atoms with E-state index in [9.17, 15) is 9.18 Å². The number of aromatic nitrogens is 2. The summed E-state index contributed by atoms with van der Waals surface area (Å²) in [5.74, 6) is -1.02. The van der Waals surface area contributed by atoms with Gasteiger partial charge in [0.05, 0.1) is 5.69 Å². The topological polar surface area (TPSA) is 69.2 Å². The molecule has 0 radical (unpaired) electrons. The maximum Gasteiger partial charge on any atom is 0.320 e. The van der Waals surface area contributed by atoms with Gasteiger partial charge in [-0.25, -0.2) is 4.39 Å². The molecule has 0 saturated carbocycles. The van der Waals surface area contributed by atoms with Gasteiger partial charge in [0, 0.05) is 11.3 Å². The highest BCUT2D eigenvalue weighted by Crippen LogP contribution is 2.19. The van der Waals surface area contributed by atoms with Gasteiger partial charge >= 0.3 is 5.97 Å². The second-order valence-corrected chi connectivity index (χ2v) is 6.34. The van der Waals surface area contributed by atoms with Crippen molar-refractivity contribution < 1.29 is 14.3 Å². The molecule has 0 amide bonds. The first-order valence-corrected chi connectivity index (χ1v) is 8.74. The lowest BCUT2D eigenvalue weighted by Crippen LogP contribution is -2.38. The number of nitrogens with one attached hydrogen (secondary N) is 1. The lowest BCUT2D eigenvalue weighted by Gasteiger charge is -2.23. The molecule has 1 heterocycles. The van der Waals surface area contributed by atoms with Gasteiger partial charge < -0.3 is 5.11 Å². The second kappa shape index (κ2) is 9.32. The average Bonchev–Trinajstić information content (AvgIpc) is 3.04. The number of carboxylic acids is 1. The van der Waals surface area contributed by atoms with E-state index in [1.54, 1.807) is 6.07 Å². The largest absolute Gasteiger partial charge is 0.480 e. The zero-order valence-electron chi connectivity index (χ0n) is 14.8. The van der Waals surface area contributed by atoms with Crippen LogP contribution in [0, 0.1) is 5.82 Å². The van der Waals surface area contributed by atoms with Gasteiger partial charge in [-0.3, -0.25) is 14.8 Å². The van der Waals surface area contributed by atoms with Crippen molar-refractivity contribution in [3.63, 3.8) is 0 Å². The van der Waals surface area contributed by atoms with Crippen LogP contribution >= 0.6 is 0 Å². The summed E-state index contributed by atoms with van der Waals surface area (Å²) in [6.07, 6.45) is 4.48. The number of hydrogen-bond acceptors (Lipinski definition) is 3. The quantitative estimate of drug-likeness (QED) is 0.643. The average molecular weight is 347 g/mol. The van der Waals surface area contributed by atoms with Crippen LogP contribution in [0.15, 0.2) is 30.3 Å². The Kier molecular flexibility index (Phi) is 7.13. The molecule has 0 spiro atoms. The molecule has 0 aliphatic rings. The highest BCUT2D eigenvalue weighted by atomic mass is 19.1. The summed E-state index contributed by atoms with van der Waals surface area (Å²) in [5.41, 5.74) is 2.55. The number of likely N-dealkylation sites (N-methyl/N-ethyl adjacent to an activating group) is 1. The third-order valence-electron chi connectivity index (χ3n) is 4.41. The van der Waals surface area contributed by atoms with Gasteiger partial charge in [0.15, 0.2) is 0 Å². The van der Waals surface area contributed by atoms with Gasteiger partial charge in [-0.05, 0) is 57.5 Å². The standard InChI is InChI=1S/C19H26FN3O2/c1-3-18(19(24)25)23(2)11-6-4-5-10-16-13-17(22-21-16)14-8-7-9-15(20)12-14/h7-9,12-13,18H,3-6,10-11H2,1-2H3,(H,21,22)(H,24,25). The predicted molar refractivity (Wildman–Crippen MR) is 95.9 cm³/mol. The van der Waals surface area contributed by atoms with Crippen LogP contribution in [-0.2, 0) is 11.2 Å². The Morgan fingerprint density at radius 3 is 2.80 bits per heavy atom. The minimum atomic E-state index is -0.757. The van der Waals surface area contributed by atoms with Crippen molar-refractivity contribution in [1.82, 2.24) is 15.1 Å². The molecular weight excluding hydrogens is 321 g/mol. The van der Waals surface area contributed by atoms with Crippen LogP contribution < -0.4 is 0 Å². The van der Waals surface area contributed by atoms with E-state index in [-0.39, 0.29) is 5.82 Å². The van der Waals surface area contributed by atoms with Gasteiger partial charge in [0.25, 0.3) is 0 Å². The monoisotopic (exact) mass is 347 g/mol. The molecule has 1 aromatic carbocycles. The lowest BCUT2D eigenvalue weighted by molar-refractivity contribution is -0.142. The lowest BCUT2D eigenvalue weighted by atomic mass is 10.1. The Morgan fingerprint density at radius 1 is 1.32 bits per heavy atom. The van der Waals surface area contributed by atoms with Crippen molar-refractivity contribution in [2.24, 2.45) is 0 Å². The van der Waals surface area contributed by atoms with Crippen molar-refractivity contribution in [2.45, 2.75) is 45.1 Å². The fourth-order valence-corrected chi connectivity index (χ4v) is 2.97. The molecule has 1 unspecified atom stereocenters. The first-order chi connectivity index (χ1) is 12.0. The normalized spacial score (nSPS) is 12.5. The second-order valence-electron chi connectivity index (χ2n) is 6.34. The zero-order valence-corrected chi connectivity index (χ0v) is 14.8. The highest BCUT2D eigenvalue weighted by Gasteiger charge is 2.19. The Balaban J connectivity index is 1.73. The summed E-state index contributed by atoms with van der Waals surface area (Å²) in [6, 6.07) is 7.96. The van der Waals surface area contributed by atoms with Crippen LogP contribution in [0.2, 0.25) is 0 Å². The van der Waals surface area contributed by atoms with Gasteiger partial charge in [-0.1, -0.05) is 25.5 Å². The molecule has 1 aromatic heterocycles. The number of halogens is 1. The number of unbranched alkanes of at least 4 members (excludes halogenated alkanes) is 2. The van der Waals surface area contributed by atoms with Gasteiger partial charge in [-0.2, -0.15) is 5.10 Å². The number of aliphatic carboxylic acids is 1. The number of aryl methyl sites for hydroxylation is 1. The Labute approximate surface area is 147 Å². The summed E-state index contributed by atoms with van der Waals surface area (Å²) in [7, 11) is 1.86. The van der Waals surface area contributed by atoms with Crippen molar-refractivity contribution in [1.29, 1.82) is 0 Å². The fourth-order valence-electron chi connectivity index (χ4n) is 2.97. The van der Waals surface area contributed by atoms with E-state index < -0.39 is 12.0 Å². The minimum absolute atomic E-state index is 0.266. The molecule has 25 heavy (non-hydrogen) atoms. The number of H-pyrrole nitrogens is 1. The summed E-state index contributed by atoms with van der Waals surface area (Å²) in [5, 5.41) is 16.4. The number of carbonyl (C=O) groups is 1. The number of benzene rings is 1. The molecule has 6 heteroatoms. The first kappa shape index (κ1) is 19.1. The predicted octanol–water partition coefficient (Wildman–Crippen LogP) is 3.72. The molecule has 2 aromatic rings. The smallest absolute Gasteiger partial charge is 0.320 e. The number of hydrogen-bond donors (Lipinski definition) is 2. The van der Waals surface area contributed by atoms with E-state index in [0.29, 0.717) is 6.42 Å². The Bertz CT molecular complexity index is 687. The summed E-state index contributed by atoms with van der Waals surface area (Å²) in [4.78, 5) is 13.0. The van der Waals surface area contributed by atoms with E-state index >= 15 is 0 Å². The SMILES string of the molecule is CCC(C(=O)O)N(C)CCCCCc1cc(-c2cccc(F)c2)n[nH]1. The van der Waals surface area contributed by atoms with Crippen molar-refractivity contribution >= 4 is 5.97 Å². The third kappa shape index (κ3) is 5.67. The number of aromatic amines is 1. The molecular formula is C19H26FN3O2. The minimum Gasteiger partial charge on any atom is -0.480 e. The van der Waals surface area contributed by atoms with Crippen LogP contribution in [0.3, 0.4) is 0 Å². The number of rotatable bonds is 10. The maximum absolute atomic E-state index is 13.3. The molecule has 2 N–H and O–H groups in total. The zero-order chi connectivity index (χ0) is 18.2. The van der Waals surface area contributed by atoms with E-state index in [2.05, 4.69) is 10.2 Å². The number of nitrogens with zero attached hydrogens (tertiary/aromatic N) is 2. The Morgan fingerprint density at radius 2 is 2.12 bits per heavy atom. The van der Waals surface area contributed by atoms with Crippen LogP contribution in [0.25, 0.3) is 11.3 Å². The molecule has 5 nitrogen and oxygen atoms in total. The van der Waals surface area contributed by atoms with E-state index in [0.717, 1.165) is 49.2 Å². The Hall–Kier alpha value is -2.21. The molecule has 136 valence electrons. The van der Waals surface area contributed by atoms with E-state index in [1.165, 1.54) is 12.1 Å². The van der Waals surface area contributed by atoms with E-state index in [4.69, 9.17) is 5.11 Å². The summed E-state index contributed by atoms with van der Waals surface area (Å²) in [6.45, 7) is 2.67. The molecule has 0 aliphatic carbocycles. The van der Waals surface area contributed by atoms with Crippen LogP contribution in [-0.4, -0.2) is 45.8 Å². The molecule has 0 bridgehead atoms. The van der Waals surface area contributed by atoms with Crippen LogP contribution in [0.4, 0.5) is 4.39 Å². The molecule has 0 aliphatic heterocycles. The molecule has 0 fully saturated rings. The summed E-state index contributed by atoms with van der Waals surface area (Å²) >= 11 is 0. The summed E-state index contributed by atoms with van der Waals surface area (Å²) < 4.78 is 13.3. The molecule has 2 rings (SSSR count). The molecule has 1 atom stereocenters. The van der Waals surface area contributed by atoms with Crippen molar-refractivity contribution in [3.05, 3.63) is 41.8 Å². The highest BCUT2D eigenvalue weighted by molar-refractivity contribution is 5.73. The van der Waals surface area contributed by atoms with Gasteiger partial charge in [0.1, 0.15) is 11.9 Å². The van der Waals surface area contributed by atoms with Gasteiger partial charge in [-0.15, -0.1) is 0 Å². The third-order valence-corrected chi connectivity index (χ3v) is 4.41. The van der Waals surface area contributed by atoms with Gasteiger partial charge in [0.2, 0.25) is 0 Å². The van der Waals surface area contributed by atoms with Crippen LogP contribution in [0.1, 0.15) is 38.3 Å². The number of carboxylic acid groups (broad SMARTS) is 1. The van der Waals surface area contributed by atoms with E-state index in [1.807, 2.05) is 31.0 Å². The first-order valence-electron chi connectivity index (χ1n) is 8.74.